The monoisotopic (exact) mass is 952 g/mol. The third kappa shape index (κ3) is 9.97. The molecular formula is C49H54F2N8O10. The molecule has 5 aliphatic rings. The lowest BCUT2D eigenvalue weighted by Gasteiger charge is -2.46. The number of aliphatic hydroxyl groups is 1. The van der Waals surface area contributed by atoms with Gasteiger partial charge in [-0.05, 0) is 111 Å². The van der Waals surface area contributed by atoms with Crippen LogP contribution in [-0.4, -0.2) is 150 Å². The Morgan fingerprint density at radius 2 is 1.49 bits per heavy atom. The Labute approximate surface area is 395 Å². The van der Waals surface area contributed by atoms with Crippen molar-refractivity contribution in [2.45, 2.75) is 63.1 Å². The van der Waals surface area contributed by atoms with Gasteiger partial charge in [0.2, 0.25) is 17.4 Å². The third-order valence-corrected chi connectivity index (χ3v) is 14.2. The van der Waals surface area contributed by atoms with E-state index >= 15 is 0 Å². The molecule has 6 heterocycles. The van der Waals surface area contributed by atoms with Crippen molar-refractivity contribution in [2.24, 2.45) is 5.41 Å². The summed E-state index contributed by atoms with van der Waals surface area (Å²) in [6.07, 6.45) is 3.91. The number of ether oxygens (including phenoxy) is 2. The molecule has 364 valence electrons. The second-order valence-electron chi connectivity index (χ2n) is 18.5. The summed E-state index contributed by atoms with van der Waals surface area (Å²) in [4.78, 5) is 99.7. The Bertz CT molecular complexity index is 2670. The van der Waals surface area contributed by atoms with Crippen molar-refractivity contribution in [3.8, 4) is 0 Å². The van der Waals surface area contributed by atoms with Crippen LogP contribution in [0.15, 0.2) is 60.7 Å². The van der Waals surface area contributed by atoms with E-state index < -0.39 is 58.7 Å². The fraction of sp³-hybridized carbons (Fsp3) is 0.449. The van der Waals surface area contributed by atoms with E-state index in [9.17, 15) is 47.4 Å². The Balaban J connectivity index is 0.652. The molecule has 3 aromatic carbocycles. The number of nitrogens with zero attached hydrogens (tertiary/aromatic N) is 4. The fourth-order valence-corrected chi connectivity index (χ4v) is 10.1. The summed E-state index contributed by atoms with van der Waals surface area (Å²) in [5.74, 6) is -5.67. The average molecular weight is 953 g/mol. The molecule has 4 fully saturated rings. The minimum Gasteiger partial charge on any atom is -0.383 e. The standard InChI is InChI=1S/C49H54F2N8O10/c50-32-23-30(24-33(51)27-32)29-53-46(65)49(67)11-17-58(47(49)66)35-2-4-38-31(25-35)26-39(54-38)45(64)57-15-9-48(10-16-57)7-13-56(14-8-48)18-20-69-22-21-68-19-12-52-34-1-3-36-37(28-34)44(63)59(43(36)62)40-5-6-41(60)55-42(40)61/h1-4,23-28,40,52,54,67H,5-22,29H2,(H,53,65)(H,55,60,61)/t40?,49-/m0/s1. The predicted molar refractivity (Wildman–Crippen MR) is 245 cm³/mol. The number of imide groups is 2. The molecule has 1 aromatic heterocycles. The number of H-pyrrole nitrogens is 1. The summed E-state index contributed by atoms with van der Waals surface area (Å²) in [6, 6.07) is 13.6. The molecule has 2 atom stereocenters. The van der Waals surface area contributed by atoms with Gasteiger partial charge in [-0.15, -0.1) is 0 Å². The van der Waals surface area contributed by atoms with Gasteiger partial charge in [0.15, 0.2) is 0 Å². The van der Waals surface area contributed by atoms with Gasteiger partial charge in [0.1, 0.15) is 23.4 Å². The van der Waals surface area contributed by atoms with Gasteiger partial charge in [-0.2, -0.15) is 0 Å². The number of aromatic nitrogens is 1. The molecule has 1 unspecified atom stereocenters. The first-order valence-electron chi connectivity index (χ1n) is 23.4. The molecule has 4 saturated heterocycles. The number of aromatic amines is 1. The summed E-state index contributed by atoms with van der Waals surface area (Å²) < 4.78 is 38.8. The van der Waals surface area contributed by atoms with Crippen molar-refractivity contribution < 1.29 is 56.9 Å². The maximum atomic E-state index is 13.7. The van der Waals surface area contributed by atoms with Crippen LogP contribution in [0.5, 0.6) is 0 Å². The van der Waals surface area contributed by atoms with Gasteiger partial charge in [0.05, 0.1) is 37.6 Å². The molecule has 0 radical (unpaired) electrons. The minimum atomic E-state index is -2.35. The zero-order valence-electron chi connectivity index (χ0n) is 38.0. The molecule has 4 aromatic rings. The molecule has 0 saturated carbocycles. The van der Waals surface area contributed by atoms with E-state index in [4.69, 9.17) is 9.47 Å². The predicted octanol–water partition coefficient (Wildman–Crippen LogP) is 3.10. The Hall–Kier alpha value is -6.61. The number of fused-ring (bicyclic) bond motifs is 2. The number of halogens is 2. The van der Waals surface area contributed by atoms with Crippen molar-refractivity contribution in [1.29, 1.82) is 0 Å². The number of anilines is 2. The summed E-state index contributed by atoms with van der Waals surface area (Å²) in [5, 5.41) is 19.6. The Morgan fingerprint density at radius 3 is 2.23 bits per heavy atom. The number of benzene rings is 3. The van der Waals surface area contributed by atoms with Crippen molar-refractivity contribution in [2.75, 3.05) is 82.5 Å². The second kappa shape index (κ2) is 19.8. The zero-order valence-corrected chi connectivity index (χ0v) is 38.0. The highest BCUT2D eigenvalue weighted by atomic mass is 19.1. The lowest BCUT2D eigenvalue weighted by atomic mass is 9.71. The third-order valence-electron chi connectivity index (χ3n) is 14.2. The highest BCUT2D eigenvalue weighted by Gasteiger charge is 2.52. The van der Waals surface area contributed by atoms with Gasteiger partial charge < -0.3 is 44.9 Å². The molecule has 18 nitrogen and oxygen atoms in total. The van der Waals surface area contributed by atoms with Crippen molar-refractivity contribution >= 4 is 63.6 Å². The SMILES string of the molecule is O=C1CCC(N2C(=O)c3ccc(NCCOCCOCCN4CCC5(CC4)CCN(C(=O)c4cc6cc(N7CC[C@](O)(C(=O)NCc8cc(F)cc(F)c8)C7=O)ccc6[nH]4)CC5)cc3C2=O)C(=O)N1. The Morgan fingerprint density at radius 1 is 0.783 bits per heavy atom. The van der Waals surface area contributed by atoms with Crippen LogP contribution in [0.3, 0.4) is 0 Å². The van der Waals surface area contributed by atoms with Crippen LogP contribution in [0.1, 0.15) is 81.7 Å². The summed E-state index contributed by atoms with van der Waals surface area (Å²) >= 11 is 0. The molecule has 7 amide bonds. The largest absolute Gasteiger partial charge is 0.383 e. The van der Waals surface area contributed by atoms with Gasteiger partial charge in [0, 0.05) is 80.5 Å². The van der Waals surface area contributed by atoms with Crippen LogP contribution in [-0.2, 0) is 35.2 Å². The number of rotatable bonds is 16. The topological polar surface area (TPSA) is 223 Å². The van der Waals surface area contributed by atoms with E-state index in [0.29, 0.717) is 80.1 Å². The maximum absolute atomic E-state index is 13.7. The van der Waals surface area contributed by atoms with E-state index in [0.717, 1.165) is 62.4 Å². The van der Waals surface area contributed by atoms with Crippen molar-refractivity contribution in [3.63, 3.8) is 0 Å². The van der Waals surface area contributed by atoms with Crippen molar-refractivity contribution in [1.82, 2.24) is 30.3 Å². The number of hydrogen-bond acceptors (Lipinski definition) is 12. The molecular weight excluding hydrogens is 899 g/mol. The van der Waals surface area contributed by atoms with Gasteiger partial charge in [0.25, 0.3) is 29.5 Å². The van der Waals surface area contributed by atoms with Gasteiger partial charge in [-0.25, -0.2) is 8.78 Å². The molecule has 69 heavy (non-hydrogen) atoms. The van der Waals surface area contributed by atoms with Crippen LogP contribution >= 0.6 is 0 Å². The van der Waals surface area contributed by atoms with Gasteiger partial charge >= 0.3 is 0 Å². The first-order valence-corrected chi connectivity index (χ1v) is 23.4. The summed E-state index contributed by atoms with van der Waals surface area (Å²) in [5.41, 5.74) is 0.636. The number of nitrogens with one attached hydrogen (secondary N) is 4. The average Bonchev–Trinajstić information content (AvgIpc) is 3.98. The Kier molecular flexibility index (Phi) is 13.6. The molecule has 9 rings (SSSR count). The lowest BCUT2D eigenvalue weighted by molar-refractivity contribution is -0.149. The van der Waals surface area contributed by atoms with Crippen molar-refractivity contribution in [3.05, 3.63) is 94.7 Å². The molecule has 0 aliphatic carbocycles. The maximum Gasteiger partial charge on any atom is 0.270 e. The quantitative estimate of drug-likeness (QED) is 0.0622. The number of carbonyl (C=O) groups excluding carboxylic acids is 7. The second-order valence-corrected chi connectivity index (χ2v) is 18.5. The minimum absolute atomic E-state index is 0.0596. The van der Waals surface area contributed by atoms with Crippen LogP contribution in [0.4, 0.5) is 20.2 Å². The van der Waals surface area contributed by atoms with E-state index in [1.54, 1.807) is 42.5 Å². The molecule has 1 spiro atoms. The van der Waals surface area contributed by atoms with E-state index in [1.165, 1.54) is 4.90 Å². The van der Waals surface area contributed by atoms with Crippen LogP contribution in [0, 0.1) is 17.0 Å². The molecule has 20 heteroatoms. The lowest BCUT2D eigenvalue weighted by Crippen LogP contribution is -2.54. The fourth-order valence-electron chi connectivity index (χ4n) is 10.1. The van der Waals surface area contributed by atoms with Gasteiger partial charge in [-0.1, -0.05) is 0 Å². The summed E-state index contributed by atoms with van der Waals surface area (Å²) in [7, 11) is 0. The molecule has 5 N–H and O–H groups in total. The number of hydrogen-bond donors (Lipinski definition) is 5. The molecule has 0 bridgehead atoms. The van der Waals surface area contributed by atoms with Crippen LogP contribution in [0.25, 0.3) is 10.9 Å². The zero-order chi connectivity index (χ0) is 48.5. The van der Waals surface area contributed by atoms with Gasteiger partial charge in [-0.3, -0.25) is 43.8 Å². The van der Waals surface area contributed by atoms with Crippen LogP contribution in [0.2, 0.25) is 0 Å². The number of piperidine rings is 3. The van der Waals surface area contributed by atoms with E-state index in [2.05, 4.69) is 25.8 Å². The highest BCUT2D eigenvalue weighted by molar-refractivity contribution is 6.24. The normalized spacial score (nSPS) is 21.6. The number of amides is 7. The first kappa shape index (κ1) is 47.5. The molecule has 5 aliphatic heterocycles. The highest BCUT2D eigenvalue weighted by Crippen LogP contribution is 2.42. The first-order chi connectivity index (χ1) is 33.2. The smallest absolute Gasteiger partial charge is 0.270 e. The summed E-state index contributed by atoms with van der Waals surface area (Å²) in [6.45, 7) is 6.11. The van der Waals surface area contributed by atoms with E-state index in [-0.39, 0.29) is 60.4 Å². The number of carbonyl (C=O) groups is 7. The van der Waals surface area contributed by atoms with Crippen LogP contribution < -0.4 is 20.9 Å². The van der Waals surface area contributed by atoms with E-state index in [1.807, 2.05) is 4.90 Å². The number of likely N-dealkylation sites (tertiary alicyclic amines) is 2.